The standard InChI is InChI=1S/C28H50N2O5/c31-27-15-7-3-1-6-12-24-14-22-30(33)21-10-18-28(32,26(30)35-24)16-8-4-2-5-11-23-13-20-29(19-9-17-27)25(27)34-23/h23-26,31-32H,1-22H2/t23-,24-,25+,26+,27-,28-,30-/m1/s1. The number of quaternary nitrogens is 1. The Balaban J connectivity index is 1.23. The van der Waals surface area contributed by atoms with Crippen molar-refractivity contribution in [2.24, 2.45) is 0 Å². The van der Waals surface area contributed by atoms with Crippen molar-refractivity contribution in [2.75, 3.05) is 26.2 Å². The number of nitrogens with zero attached hydrogens (tertiary/aromatic N) is 2. The van der Waals surface area contributed by atoms with E-state index in [4.69, 9.17) is 9.47 Å². The van der Waals surface area contributed by atoms with E-state index in [-0.39, 0.29) is 23.1 Å². The van der Waals surface area contributed by atoms with Crippen molar-refractivity contribution >= 4 is 0 Å². The molecule has 7 nitrogen and oxygen atoms in total. The molecule has 5 aliphatic rings. The monoisotopic (exact) mass is 494 g/mol. The Hall–Kier alpha value is -0.280. The molecule has 0 unspecified atom stereocenters. The lowest BCUT2D eigenvalue weighted by molar-refractivity contribution is -0.952. The van der Waals surface area contributed by atoms with Gasteiger partial charge in [-0.05, 0) is 57.8 Å². The number of hydrogen-bond donors (Lipinski definition) is 2. The second-order valence-electron chi connectivity index (χ2n) is 12.6. The summed E-state index contributed by atoms with van der Waals surface area (Å²) in [6, 6.07) is 0. The zero-order valence-electron chi connectivity index (χ0n) is 21.9. The topological polar surface area (TPSA) is 85.2 Å². The van der Waals surface area contributed by atoms with E-state index in [9.17, 15) is 15.4 Å². The molecule has 0 aromatic heterocycles. The van der Waals surface area contributed by atoms with Crippen LogP contribution in [0.1, 0.15) is 116 Å². The van der Waals surface area contributed by atoms with Crippen molar-refractivity contribution < 1.29 is 24.3 Å². The van der Waals surface area contributed by atoms with Crippen LogP contribution in [0.25, 0.3) is 0 Å². The highest BCUT2D eigenvalue weighted by Gasteiger charge is 2.53. The fraction of sp³-hybridized carbons (Fsp3) is 1.00. The highest BCUT2D eigenvalue weighted by Crippen LogP contribution is 2.42. The quantitative estimate of drug-likeness (QED) is 0.379. The first kappa shape index (κ1) is 26.3. The predicted molar refractivity (Wildman–Crippen MR) is 135 cm³/mol. The van der Waals surface area contributed by atoms with Crippen LogP contribution in [-0.4, -0.2) is 81.8 Å². The molecule has 5 rings (SSSR count). The van der Waals surface area contributed by atoms with Gasteiger partial charge < -0.3 is 29.5 Å². The van der Waals surface area contributed by atoms with Crippen molar-refractivity contribution in [1.29, 1.82) is 0 Å². The van der Waals surface area contributed by atoms with E-state index in [1.54, 1.807) is 0 Å². The van der Waals surface area contributed by atoms with Crippen molar-refractivity contribution in [2.45, 2.75) is 151 Å². The Kier molecular flexibility index (Phi) is 8.44. The van der Waals surface area contributed by atoms with Gasteiger partial charge in [-0.15, -0.1) is 0 Å². The van der Waals surface area contributed by atoms with Gasteiger partial charge in [0.1, 0.15) is 17.4 Å². The summed E-state index contributed by atoms with van der Waals surface area (Å²) in [5, 5.41) is 36.7. The van der Waals surface area contributed by atoms with Gasteiger partial charge in [0.25, 0.3) is 0 Å². The molecule has 0 aliphatic carbocycles. The SMILES string of the molecule is [O-][N@+]12CCC[C@]3(O)CCCCCC[C@@H]4CCN5CCC[C@](O)(CCCCCC[C@H](CC1)O[C@@H]32)[C@@H]5O4. The van der Waals surface area contributed by atoms with Crippen LogP contribution >= 0.6 is 0 Å². The number of ether oxygens (including phenoxy) is 2. The largest absolute Gasteiger partial charge is 0.631 e. The fourth-order valence-electron chi connectivity index (χ4n) is 7.82. The van der Waals surface area contributed by atoms with E-state index in [0.29, 0.717) is 25.9 Å². The molecule has 5 aliphatic heterocycles. The van der Waals surface area contributed by atoms with Gasteiger partial charge in [-0.3, -0.25) is 4.90 Å². The average Bonchev–Trinajstić information content (AvgIpc) is 2.84. The molecule has 0 saturated carbocycles. The van der Waals surface area contributed by atoms with Crippen LogP contribution in [0.4, 0.5) is 0 Å². The molecule has 4 bridgehead atoms. The highest BCUT2D eigenvalue weighted by atomic mass is 16.6. The molecule has 5 heterocycles. The number of piperidine rings is 2. The van der Waals surface area contributed by atoms with Gasteiger partial charge in [-0.2, -0.15) is 0 Å². The zero-order valence-corrected chi connectivity index (χ0v) is 21.9. The molecule has 202 valence electrons. The van der Waals surface area contributed by atoms with Crippen LogP contribution < -0.4 is 0 Å². The van der Waals surface area contributed by atoms with Gasteiger partial charge in [0, 0.05) is 19.5 Å². The lowest BCUT2D eigenvalue weighted by Gasteiger charge is -2.59. The first-order chi connectivity index (χ1) is 16.9. The number of hydrogen-bond acceptors (Lipinski definition) is 6. The summed E-state index contributed by atoms with van der Waals surface area (Å²) >= 11 is 0. The second-order valence-corrected chi connectivity index (χ2v) is 12.6. The van der Waals surface area contributed by atoms with Crippen LogP contribution in [0.5, 0.6) is 0 Å². The molecule has 7 heteroatoms. The van der Waals surface area contributed by atoms with Crippen LogP contribution in [0.15, 0.2) is 0 Å². The van der Waals surface area contributed by atoms with E-state index in [0.717, 1.165) is 116 Å². The Morgan fingerprint density at radius 1 is 0.629 bits per heavy atom. The summed E-state index contributed by atoms with van der Waals surface area (Å²) in [6.07, 6.45) is 17.1. The predicted octanol–water partition coefficient (Wildman–Crippen LogP) is 4.58. The minimum atomic E-state index is -0.971. The van der Waals surface area contributed by atoms with E-state index >= 15 is 0 Å². The van der Waals surface area contributed by atoms with E-state index < -0.39 is 17.4 Å². The maximum absolute atomic E-state index is 13.5. The van der Waals surface area contributed by atoms with Crippen molar-refractivity contribution in [3.05, 3.63) is 5.21 Å². The zero-order chi connectivity index (χ0) is 24.4. The molecular formula is C28H50N2O5. The summed E-state index contributed by atoms with van der Waals surface area (Å²) in [4.78, 5) is 2.39. The summed E-state index contributed by atoms with van der Waals surface area (Å²) in [5.41, 5.74) is -1.67. The first-order valence-corrected chi connectivity index (χ1v) is 15.0. The molecule has 5 fully saturated rings. The van der Waals surface area contributed by atoms with Gasteiger partial charge in [0.05, 0.1) is 25.3 Å². The van der Waals surface area contributed by atoms with E-state index in [2.05, 4.69) is 4.90 Å². The molecule has 0 aromatic carbocycles. The molecule has 0 spiro atoms. The van der Waals surface area contributed by atoms with Gasteiger partial charge in [0.2, 0.25) is 6.23 Å². The van der Waals surface area contributed by atoms with Gasteiger partial charge in [-0.1, -0.05) is 51.4 Å². The second kappa shape index (κ2) is 11.2. The van der Waals surface area contributed by atoms with Crippen LogP contribution in [0, 0.1) is 5.21 Å². The van der Waals surface area contributed by atoms with Gasteiger partial charge in [0.15, 0.2) is 0 Å². The van der Waals surface area contributed by atoms with E-state index in [1.165, 1.54) is 0 Å². The molecule has 5 saturated heterocycles. The van der Waals surface area contributed by atoms with Crippen molar-refractivity contribution in [3.8, 4) is 0 Å². The van der Waals surface area contributed by atoms with Crippen LogP contribution in [0.2, 0.25) is 0 Å². The molecule has 0 amide bonds. The third-order valence-corrected chi connectivity index (χ3v) is 9.86. The van der Waals surface area contributed by atoms with Crippen molar-refractivity contribution in [3.63, 3.8) is 0 Å². The Bertz CT molecular complexity index is 696. The number of aliphatic hydroxyl groups is 2. The molecule has 35 heavy (non-hydrogen) atoms. The van der Waals surface area contributed by atoms with Crippen molar-refractivity contribution in [1.82, 2.24) is 4.90 Å². The van der Waals surface area contributed by atoms with E-state index in [1.807, 2.05) is 0 Å². The first-order valence-electron chi connectivity index (χ1n) is 15.0. The van der Waals surface area contributed by atoms with Crippen LogP contribution in [0.3, 0.4) is 0 Å². The van der Waals surface area contributed by atoms with Gasteiger partial charge >= 0.3 is 0 Å². The number of rotatable bonds is 0. The smallest absolute Gasteiger partial charge is 0.222 e. The fourth-order valence-corrected chi connectivity index (χ4v) is 7.82. The highest BCUT2D eigenvalue weighted by molar-refractivity contribution is 4.95. The summed E-state index contributed by atoms with van der Waals surface area (Å²) in [6.45, 7) is 3.27. The number of hydroxylamine groups is 3. The van der Waals surface area contributed by atoms with Crippen LogP contribution in [-0.2, 0) is 9.47 Å². The Morgan fingerprint density at radius 3 is 2.03 bits per heavy atom. The summed E-state index contributed by atoms with van der Waals surface area (Å²) in [7, 11) is 0. The Labute approximate surface area is 212 Å². The lowest BCUT2D eigenvalue weighted by atomic mass is 9.83. The molecule has 0 aromatic rings. The summed E-state index contributed by atoms with van der Waals surface area (Å²) in [5.74, 6) is 0. The normalized spacial score (nSPS) is 47.1. The number of fused-ring (bicyclic) bond motifs is 2. The molecule has 2 N–H and O–H groups in total. The maximum atomic E-state index is 13.5. The minimum absolute atomic E-state index is 0.0964. The lowest BCUT2D eigenvalue weighted by Crippen LogP contribution is -2.69. The molecular weight excluding hydrogens is 444 g/mol. The molecule has 7 atom stereocenters. The third kappa shape index (κ3) is 5.92. The Morgan fingerprint density at radius 2 is 1.26 bits per heavy atom. The maximum Gasteiger partial charge on any atom is 0.222 e. The summed E-state index contributed by atoms with van der Waals surface area (Å²) < 4.78 is 12.6. The minimum Gasteiger partial charge on any atom is -0.631 e. The molecule has 0 radical (unpaired) electrons. The van der Waals surface area contributed by atoms with Gasteiger partial charge in [-0.25, -0.2) is 0 Å². The third-order valence-electron chi connectivity index (χ3n) is 9.86. The average molecular weight is 495 g/mol.